The zero-order valence-corrected chi connectivity index (χ0v) is 20.1. The highest BCUT2D eigenvalue weighted by atomic mass is 35.5. The molecule has 0 fully saturated rings. The van der Waals surface area contributed by atoms with Crippen LogP contribution in [-0.2, 0) is 6.54 Å². The van der Waals surface area contributed by atoms with E-state index >= 15 is 0 Å². The van der Waals surface area contributed by atoms with Crippen LogP contribution in [0.5, 0.6) is 0 Å². The van der Waals surface area contributed by atoms with Gasteiger partial charge in [0.25, 0.3) is 5.91 Å². The number of hydrogen-bond donors (Lipinski definition) is 0. The largest absolute Gasteiger partial charge is 0.450 e. The third kappa shape index (κ3) is 3.65. The van der Waals surface area contributed by atoms with Crippen molar-refractivity contribution < 1.29 is 9.21 Å². The predicted molar refractivity (Wildman–Crippen MR) is 133 cm³/mol. The Morgan fingerprint density at radius 3 is 2.45 bits per heavy atom. The van der Waals surface area contributed by atoms with Gasteiger partial charge in [0.15, 0.2) is 5.43 Å². The summed E-state index contributed by atoms with van der Waals surface area (Å²) in [5.41, 5.74) is 4.18. The summed E-state index contributed by atoms with van der Waals surface area (Å²) in [7, 11) is 0. The summed E-state index contributed by atoms with van der Waals surface area (Å²) in [4.78, 5) is 30.2. The van der Waals surface area contributed by atoms with Gasteiger partial charge in [-0.3, -0.25) is 9.59 Å². The first-order chi connectivity index (χ1) is 15.9. The number of carbonyl (C=O) groups is 1. The first kappa shape index (κ1) is 21.8. The van der Waals surface area contributed by atoms with Crippen LogP contribution < -0.4 is 5.43 Å². The van der Waals surface area contributed by atoms with Crippen LogP contribution in [0.4, 0.5) is 0 Å². The average molecular weight is 476 g/mol. The number of aryl methyl sites for hydroxylation is 2. The predicted octanol–water partition coefficient (Wildman–Crippen LogP) is 6.53. The lowest BCUT2D eigenvalue weighted by Gasteiger charge is -2.25. The van der Waals surface area contributed by atoms with E-state index in [0.29, 0.717) is 21.6 Å². The molecule has 6 heteroatoms. The fraction of sp³-hybridized carbons (Fsp3) is 0.185. The second-order valence-electron chi connectivity index (χ2n) is 8.33. The first-order valence-corrected chi connectivity index (χ1v) is 12.3. The maximum Gasteiger partial charge on any atom is 0.291 e. The number of nitrogens with zero attached hydrogens (tertiary/aromatic N) is 1. The lowest BCUT2D eigenvalue weighted by atomic mass is 9.96. The van der Waals surface area contributed by atoms with Crippen LogP contribution in [0.1, 0.15) is 44.4 Å². The Bertz CT molecular complexity index is 1460. The number of fused-ring (bicyclic) bond motifs is 2. The van der Waals surface area contributed by atoms with Gasteiger partial charge in [0, 0.05) is 16.5 Å². The zero-order chi connectivity index (χ0) is 23.3. The number of carbonyl (C=O) groups excluding carboxylic acids is 1. The lowest BCUT2D eigenvalue weighted by molar-refractivity contribution is 0.0714. The zero-order valence-electron chi connectivity index (χ0n) is 18.5. The molecular formula is C27H22ClNO3S. The SMILES string of the molecule is CSc1ccc(C2c3c(oc4cc(C)cc(C)c4c3=O)C(=O)N2Cc2ccccc2Cl)cc1. The monoisotopic (exact) mass is 475 g/mol. The van der Waals surface area contributed by atoms with Crippen molar-refractivity contribution in [3.05, 3.63) is 109 Å². The van der Waals surface area contributed by atoms with Gasteiger partial charge in [0.05, 0.1) is 17.0 Å². The van der Waals surface area contributed by atoms with Crippen LogP contribution in [0.15, 0.2) is 74.8 Å². The number of hydrogen-bond acceptors (Lipinski definition) is 4. The summed E-state index contributed by atoms with van der Waals surface area (Å²) in [6.07, 6.45) is 2.01. The van der Waals surface area contributed by atoms with E-state index in [1.54, 1.807) is 22.7 Å². The molecule has 2 heterocycles. The standard InChI is InChI=1S/C27H22ClNO3S/c1-15-12-16(2)22-21(13-15)32-26-23(25(22)30)24(17-8-10-19(33-3)11-9-17)29(27(26)31)14-18-6-4-5-7-20(18)28/h4-13,24H,14H2,1-3H3. The fourth-order valence-corrected chi connectivity index (χ4v) is 5.22. The third-order valence-electron chi connectivity index (χ3n) is 6.14. The van der Waals surface area contributed by atoms with Crippen LogP contribution in [0, 0.1) is 13.8 Å². The van der Waals surface area contributed by atoms with Gasteiger partial charge in [-0.25, -0.2) is 0 Å². The molecule has 0 N–H and O–H groups in total. The van der Waals surface area contributed by atoms with Crippen molar-refractivity contribution in [1.82, 2.24) is 4.90 Å². The number of halogens is 1. The molecular weight excluding hydrogens is 454 g/mol. The molecule has 0 bridgehead atoms. The van der Waals surface area contributed by atoms with Crippen LogP contribution in [-0.4, -0.2) is 17.1 Å². The second kappa shape index (κ2) is 8.40. The third-order valence-corrected chi connectivity index (χ3v) is 7.25. The van der Waals surface area contributed by atoms with Crippen molar-refractivity contribution in [2.75, 3.05) is 6.26 Å². The Morgan fingerprint density at radius 1 is 1.03 bits per heavy atom. The van der Waals surface area contributed by atoms with E-state index < -0.39 is 6.04 Å². The number of thioether (sulfide) groups is 1. The molecule has 0 saturated carbocycles. The van der Waals surface area contributed by atoms with Gasteiger partial charge in [-0.2, -0.15) is 0 Å². The summed E-state index contributed by atoms with van der Waals surface area (Å²) < 4.78 is 6.13. The molecule has 4 nitrogen and oxygen atoms in total. The minimum absolute atomic E-state index is 0.114. The number of amides is 1. The van der Waals surface area contributed by atoms with E-state index in [1.807, 2.05) is 74.7 Å². The van der Waals surface area contributed by atoms with Crippen molar-refractivity contribution in [3.8, 4) is 0 Å². The maximum absolute atomic E-state index is 13.8. The van der Waals surface area contributed by atoms with Gasteiger partial charge in [-0.05, 0) is 66.6 Å². The summed E-state index contributed by atoms with van der Waals surface area (Å²) in [6.45, 7) is 4.12. The van der Waals surface area contributed by atoms with E-state index in [1.165, 1.54) is 0 Å². The van der Waals surface area contributed by atoms with Gasteiger partial charge in [0.1, 0.15) is 5.58 Å². The summed E-state index contributed by atoms with van der Waals surface area (Å²) in [6, 6.07) is 18.6. The molecule has 33 heavy (non-hydrogen) atoms. The minimum atomic E-state index is -0.555. The van der Waals surface area contributed by atoms with E-state index in [2.05, 4.69) is 0 Å². The molecule has 3 aromatic carbocycles. The van der Waals surface area contributed by atoms with E-state index in [9.17, 15) is 9.59 Å². The minimum Gasteiger partial charge on any atom is -0.450 e. The first-order valence-electron chi connectivity index (χ1n) is 10.7. The molecule has 166 valence electrons. The second-order valence-corrected chi connectivity index (χ2v) is 9.62. The molecule has 0 spiro atoms. The van der Waals surface area contributed by atoms with Crippen LogP contribution in [0.2, 0.25) is 5.02 Å². The number of rotatable bonds is 4. The van der Waals surface area contributed by atoms with Crippen molar-refractivity contribution in [2.24, 2.45) is 0 Å². The Kier molecular flexibility index (Phi) is 5.55. The summed E-state index contributed by atoms with van der Waals surface area (Å²) >= 11 is 8.07. The van der Waals surface area contributed by atoms with Crippen LogP contribution >= 0.6 is 23.4 Å². The van der Waals surface area contributed by atoms with Gasteiger partial charge < -0.3 is 9.32 Å². The van der Waals surface area contributed by atoms with Crippen molar-refractivity contribution in [3.63, 3.8) is 0 Å². The van der Waals surface area contributed by atoms with Crippen molar-refractivity contribution >= 4 is 40.2 Å². The molecule has 0 radical (unpaired) electrons. The molecule has 1 aliphatic rings. The van der Waals surface area contributed by atoms with E-state index in [-0.39, 0.29) is 23.6 Å². The van der Waals surface area contributed by atoms with Gasteiger partial charge >= 0.3 is 0 Å². The highest BCUT2D eigenvalue weighted by molar-refractivity contribution is 7.98. The maximum atomic E-state index is 13.8. The Morgan fingerprint density at radius 2 is 1.76 bits per heavy atom. The van der Waals surface area contributed by atoms with Crippen molar-refractivity contribution in [2.45, 2.75) is 31.3 Å². The Labute approximate surface area is 201 Å². The van der Waals surface area contributed by atoms with Gasteiger partial charge in [-0.15, -0.1) is 11.8 Å². The fourth-order valence-electron chi connectivity index (χ4n) is 4.62. The quantitative estimate of drug-likeness (QED) is 0.315. The smallest absolute Gasteiger partial charge is 0.291 e. The highest BCUT2D eigenvalue weighted by Crippen LogP contribution is 2.40. The van der Waals surface area contributed by atoms with Crippen LogP contribution in [0.25, 0.3) is 11.0 Å². The molecule has 5 rings (SSSR count). The molecule has 1 unspecified atom stereocenters. The number of benzene rings is 3. The Balaban J connectivity index is 1.75. The van der Waals surface area contributed by atoms with Gasteiger partial charge in [-0.1, -0.05) is 48.0 Å². The topological polar surface area (TPSA) is 50.5 Å². The molecule has 1 atom stereocenters. The molecule has 1 aromatic heterocycles. The molecule has 1 amide bonds. The summed E-state index contributed by atoms with van der Waals surface area (Å²) in [5, 5.41) is 1.10. The van der Waals surface area contributed by atoms with Gasteiger partial charge in [0.2, 0.25) is 5.76 Å². The van der Waals surface area contributed by atoms with Crippen LogP contribution in [0.3, 0.4) is 0 Å². The molecule has 0 aliphatic carbocycles. The average Bonchev–Trinajstić information content (AvgIpc) is 3.07. The Hall–Kier alpha value is -3.02. The highest BCUT2D eigenvalue weighted by Gasteiger charge is 2.43. The summed E-state index contributed by atoms with van der Waals surface area (Å²) in [5.74, 6) is -0.189. The molecule has 0 saturated heterocycles. The molecule has 1 aliphatic heterocycles. The normalized spacial score (nSPS) is 15.3. The van der Waals surface area contributed by atoms with Crippen molar-refractivity contribution in [1.29, 1.82) is 0 Å². The van der Waals surface area contributed by atoms with E-state index in [0.717, 1.165) is 27.1 Å². The lowest BCUT2D eigenvalue weighted by Crippen LogP contribution is -2.29. The van der Waals surface area contributed by atoms with E-state index in [4.69, 9.17) is 16.0 Å². The molecule has 4 aromatic rings.